The van der Waals surface area contributed by atoms with Crippen LogP contribution in [0, 0.1) is 0 Å². The minimum absolute atomic E-state index is 0.551. The molecule has 0 saturated carbocycles. The standard InChI is InChI=1S/C57H104O6/c1-5-9-13-17-21-25-29-33-37-41-47-60-53-51-54(61-48-42-38-34-30-26-22-18-14-10-6-2)57(63-50-44-40-36-32-28-24-20-16-12-8-4)52(45-46-55(58)59)56(53)62-49-43-39-35-31-27-23-19-15-11-7-3/h45-46,51H,5-44,47-50H2,1-4H3,(H,58,59). The molecule has 0 spiro atoms. The van der Waals surface area contributed by atoms with Gasteiger partial charge >= 0.3 is 5.97 Å². The minimum atomic E-state index is -0.999. The highest BCUT2D eigenvalue weighted by atomic mass is 16.5. The topological polar surface area (TPSA) is 74.2 Å². The van der Waals surface area contributed by atoms with Crippen LogP contribution >= 0.6 is 0 Å². The predicted molar refractivity (Wildman–Crippen MR) is 272 cm³/mol. The van der Waals surface area contributed by atoms with Gasteiger partial charge < -0.3 is 24.1 Å². The number of carboxylic acids is 1. The van der Waals surface area contributed by atoms with Crippen LogP contribution in [0.1, 0.15) is 290 Å². The fraction of sp³-hybridized carbons (Fsp3) is 0.842. The van der Waals surface area contributed by atoms with Crippen molar-refractivity contribution in [1.29, 1.82) is 0 Å². The Morgan fingerprint density at radius 1 is 0.365 bits per heavy atom. The van der Waals surface area contributed by atoms with E-state index in [0.29, 0.717) is 55.0 Å². The van der Waals surface area contributed by atoms with E-state index in [1.54, 1.807) is 6.08 Å². The Morgan fingerprint density at radius 3 is 0.825 bits per heavy atom. The molecule has 63 heavy (non-hydrogen) atoms. The van der Waals surface area contributed by atoms with Crippen molar-refractivity contribution < 1.29 is 28.8 Å². The molecule has 0 aliphatic carbocycles. The summed E-state index contributed by atoms with van der Waals surface area (Å²) in [5.74, 6) is 1.43. The second-order valence-corrected chi connectivity index (χ2v) is 18.7. The number of rotatable bonds is 50. The van der Waals surface area contributed by atoms with Gasteiger partial charge in [-0.15, -0.1) is 0 Å². The first-order valence-electron chi connectivity index (χ1n) is 27.7. The molecule has 1 N–H and O–H groups in total. The lowest BCUT2D eigenvalue weighted by atomic mass is 10.1. The summed E-state index contributed by atoms with van der Waals surface area (Å²) in [7, 11) is 0. The van der Waals surface area contributed by atoms with Crippen molar-refractivity contribution >= 4 is 12.0 Å². The zero-order valence-electron chi connectivity index (χ0n) is 42.3. The van der Waals surface area contributed by atoms with Crippen LogP contribution in [-0.4, -0.2) is 37.5 Å². The summed E-state index contributed by atoms with van der Waals surface area (Å²) in [5.41, 5.74) is 0.621. The number of carboxylic acid groups (broad SMARTS) is 1. The first kappa shape index (κ1) is 58.6. The zero-order valence-corrected chi connectivity index (χ0v) is 42.3. The molecule has 368 valence electrons. The third kappa shape index (κ3) is 35.6. The summed E-state index contributed by atoms with van der Waals surface area (Å²) in [6.07, 6.45) is 53.3. The summed E-state index contributed by atoms with van der Waals surface area (Å²) in [5, 5.41) is 9.85. The van der Waals surface area contributed by atoms with Gasteiger partial charge in [-0.2, -0.15) is 0 Å². The van der Waals surface area contributed by atoms with Crippen LogP contribution in [0.4, 0.5) is 0 Å². The lowest BCUT2D eigenvalue weighted by Crippen LogP contribution is -2.09. The fourth-order valence-corrected chi connectivity index (χ4v) is 8.51. The number of ether oxygens (including phenoxy) is 4. The molecule has 0 radical (unpaired) electrons. The summed E-state index contributed by atoms with van der Waals surface area (Å²) in [6, 6.07) is 1.98. The van der Waals surface area contributed by atoms with Gasteiger partial charge in [-0.05, 0) is 31.8 Å². The zero-order chi connectivity index (χ0) is 45.5. The quantitative estimate of drug-likeness (QED) is 0.0519. The van der Waals surface area contributed by atoms with Crippen molar-refractivity contribution in [3.8, 4) is 23.0 Å². The lowest BCUT2D eigenvalue weighted by Gasteiger charge is -2.22. The smallest absolute Gasteiger partial charge is 0.328 e. The third-order valence-corrected chi connectivity index (χ3v) is 12.6. The molecule has 1 aromatic carbocycles. The van der Waals surface area contributed by atoms with Gasteiger partial charge in [-0.25, -0.2) is 4.79 Å². The number of unbranched alkanes of at least 4 members (excludes halogenated alkanes) is 36. The Hall–Kier alpha value is -2.37. The summed E-state index contributed by atoms with van der Waals surface area (Å²) < 4.78 is 26.4. The minimum Gasteiger partial charge on any atom is -0.490 e. The van der Waals surface area contributed by atoms with Crippen LogP contribution < -0.4 is 18.9 Å². The van der Waals surface area contributed by atoms with E-state index in [-0.39, 0.29) is 0 Å². The largest absolute Gasteiger partial charge is 0.490 e. The number of hydrogen-bond donors (Lipinski definition) is 1. The van der Waals surface area contributed by atoms with E-state index in [0.717, 1.165) is 51.4 Å². The second kappa shape index (κ2) is 46.2. The van der Waals surface area contributed by atoms with Gasteiger partial charge in [0.25, 0.3) is 0 Å². The van der Waals surface area contributed by atoms with E-state index in [4.69, 9.17) is 18.9 Å². The molecule has 0 fully saturated rings. The van der Waals surface area contributed by atoms with Crippen LogP contribution in [0.2, 0.25) is 0 Å². The van der Waals surface area contributed by atoms with E-state index >= 15 is 0 Å². The van der Waals surface area contributed by atoms with Gasteiger partial charge in [-0.1, -0.05) is 259 Å². The van der Waals surface area contributed by atoms with Crippen molar-refractivity contribution in [1.82, 2.24) is 0 Å². The Bertz CT molecular complexity index is 1090. The maximum atomic E-state index is 12.0. The Kier molecular flexibility index (Phi) is 43.0. The van der Waals surface area contributed by atoms with Crippen LogP contribution in [-0.2, 0) is 4.79 Å². The average Bonchev–Trinajstić information content (AvgIpc) is 3.28. The highest BCUT2D eigenvalue weighted by molar-refractivity contribution is 5.88. The molecule has 0 aliphatic heterocycles. The summed E-state index contributed by atoms with van der Waals surface area (Å²) in [4.78, 5) is 12.0. The molecular formula is C57H104O6. The van der Waals surface area contributed by atoms with Crippen LogP contribution in [0.5, 0.6) is 23.0 Å². The molecule has 0 heterocycles. The van der Waals surface area contributed by atoms with Gasteiger partial charge in [0.2, 0.25) is 0 Å². The Morgan fingerprint density at radius 2 is 0.587 bits per heavy atom. The Balaban J connectivity index is 3.13. The Labute approximate surface area is 391 Å². The van der Waals surface area contributed by atoms with Crippen molar-refractivity contribution in [2.45, 2.75) is 285 Å². The maximum Gasteiger partial charge on any atom is 0.328 e. The van der Waals surface area contributed by atoms with E-state index in [1.807, 2.05) is 6.07 Å². The number of aliphatic carboxylic acids is 1. The van der Waals surface area contributed by atoms with E-state index in [1.165, 1.54) is 212 Å². The number of carbonyl (C=O) groups is 1. The van der Waals surface area contributed by atoms with Crippen molar-refractivity contribution in [3.05, 3.63) is 17.7 Å². The van der Waals surface area contributed by atoms with Crippen LogP contribution in [0.3, 0.4) is 0 Å². The van der Waals surface area contributed by atoms with Crippen molar-refractivity contribution in [2.75, 3.05) is 26.4 Å². The van der Waals surface area contributed by atoms with Gasteiger partial charge in [-0.3, -0.25) is 0 Å². The monoisotopic (exact) mass is 885 g/mol. The first-order valence-corrected chi connectivity index (χ1v) is 27.7. The molecule has 0 aromatic heterocycles. The van der Waals surface area contributed by atoms with E-state index < -0.39 is 5.97 Å². The summed E-state index contributed by atoms with van der Waals surface area (Å²) in [6.45, 7) is 11.4. The van der Waals surface area contributed by atoms with Gasteiger partial charge in [0.1, 0.15) is 0 Å². The molecule has 0 aliphatic rings. The lowest BCUT2D eigenvalue weighted by molar-refractivity contribution is -0.131. The maximum absolute atomic E-state index is 12.0. The van der Waals surface area contributed by atoms with Crippen LogP contribution in [0.15, 0.2) is 12.1 Å². The van der Waals surface area contributed by atoms with E-state index in [9.17, 15) is 9.90 Å². The molecule has 1 rings (SSSR count). The molecule has 0 unspecified atom stereocenters. The van der Waals surface area contributed by atoms with E-state index in [2.05, 4.69) is 27.7 Å². The van der Waals surface area contributed by atoms with Crippen molar-refractivity contribution in [2.24, 2.45) is 0 Å². The normalized spacial score (nSPS) is 11.5. The third-order valence-electron chi connectivity index (χ3n) is 12.6. The second-order valence-electron chi connectivity index (χ2n) is 18.7. The highest BCUT2D eigenvalue weighted by Gasteiger charge is 2.22. The van der Waals surface area contributed by atoms with Crippen LogP contribution in [0.25, 0.3) is 6.08 Å². The molecule has 6 nitrogen and oxygen atoms in total. The van der Waals surface area contributed by atoms with Crippen molar-refractivity contribution in [3.63, 3.8) is 0 Å². The van der Waals surface area contributed by atoms with Gasteiger partial charge in [0.05, 0.1) is 32.0 Å². The highest BCUT2D eigenvalue weighted by Crippen LogP contribution is 2.46. The first-order chi connectivity index (χ1) is 31.1. The SMILES string of the molecule is CCCCCCCCCCCCOc1cc(OCCCCCCCCCCCC)c(OCCCCCCCCCCCC)c(C=CC(=O)O)c1OCCCCCCCCCCCC. The molecule has 1 aromatic rings. The predicted octanol–water partition coefficient (Wildman–Crippen LogP) is 19.0. The van der Waals surface area contributed by atoms with Gasteiger partial charge in [0, 0.05) is 12.1 Å². The summed E-state index contributed by atoms with van der Waals surface area (Å²) >= 11 is 0. The fourth-order valence-electron chi connectivity index (χ4n) is 8.51. The molecule has 0 bridgehead atoms. The number of benzene rings is 1. The molecule has 0 saturated heterocycles. The molecule has 0 atom stereocenters. The molecule has 6 heteroatoms. The molecular weight excluding hydrogens is 781 g/mol. The number of hydrogen-bond acceptors (Lipinski definition) is 5. The average molecular weight is 885 g/mol. The molecule has 0 amide bonds. The van der Waals surface area contributed by atoms with Gasteiger partial charge in [0.15, 0.2) is 23.0 Å².